The van der Waals surface area contributed by atoms with Crippen molar-refractivity contribution in [3.05, 3.63) is 114 Å². The van der Waals surface area contributed by atoms with Crippen LogP contribution in [0.1, 0.15) is 17.2 Å². The Bertz CT molecular complexity index is 1020. The number of ether oxygens (including phenoxy) is 1. The van der Waals surface area contributed by atoms with Gasteiger partial charge in [0, 0.05) is 0 Å². The molecule has 0 radical (unpaired) electrons. The van der Waals surface area contributed by atoms with E-state index in [2.05, 4.69) is 11.4 Å². The highest BCUT2D eigenvalue weighted by Crippen LogP contribution is 2.22. The molecule has 0 aliphatic carbocycles. The summed E-state index contributed by atoms with van der Waals surface area (Å²) in [7, 11) is 0. The Morgan fingerprint density at radius 2 is 1.29 bits per heavy atom. The molecule has 28 heavy (non-hydrogen) atoms. The summed E-state index contributed by atoms with van der Waals surface area (Å²) in [5.74, 6) is 0.524. The van der Waals surface area contributed by atoms with Crippen molar-refractivity contribution in [1.29, 1.82) is 0 Å². The van der Waals surface area contributed by atoms with Crippen molar-refractivity contribution in [2.45, 2.75) is 6.04 Å². The molecule has 0 aliphatic heterocycles. The van der Waals surface area contributed by atoms with E-state index in [0.29, 0.717) is 5.75 Å². The topological polar surface area (TPSA) is 38.3 Å². The number of rotatable bonds is 6. The van der Waals surface area contributed by atoms with Crippen molar-refractivity contribution in [3.63, 3.8) is 0 Å². The van der Waals surface area contributed by atoms with Crippen molar-refractivity contribution in [2.24, 2.45) is 0 Å². The Morgan fingerprint density at radius 3 is 1.93 bits per heavy atom. The fraction of sp³-hybridized carbons (Fsp3) is 0.0800. The molecular weight excluding hydrogens is 346 g/mol. The van der Waals surface area contributed by atoms with Crippen molar-refractivity contribution in [1.82, 2.24) is 5.32 Å². The molecule has 3 nitrogen and oxygen atoms in total. The molecule has 0 fully saturated rings. The van der Waals surface area contributed by atoms with Gasteiger partial charge < -0.3 is 10.1 Å². The van der Waals surface area contributed by atoms with Crippen LogP contribution in [0.25, 0.3) is 10.8 Å². The minimum Gasteiger partial charge on any atom is -0.484 e. The van der Waals surface area contributed by atoms with Gasteiger partial charge in [0.1, 0.15) is 5.75 Å². The molecule has 1 amide bonds. The number of nitrogens with one attached hydrogen (secondary N) is 1. The minimum absolute atomic E-state index is 0.0332. The zero-order chi connectivity index (χ0) is 19.2. The number of carbonyl (C=O) groups is 1. The van der Waals surface area contributed by atoms with Crippen LogP contribution in [-0.4, -0.2) is 12.5 Å². The molecule has 3 heteroatoms. The highest BCUT2D eigenvalue weighted by Gasteiger charge is 2.16. The first-order valence-electron chi connectivity index (χ1n) is 9.30. The number of fused-ring (bicyclic) bond motifs is 1. The molecule has 0 unspecified atom stereocenters. The van der Waals surface area contributed by atoms with E-state index < -0.39 is 0 Å². The van der Waals surface area contributed by atoms with Gasteiger partial charge in [-0.3, -0.25) is 4.79 Å². The Labute approximate surface area is 164 Å². The summed E-state index contributed by atoms with van der Waals surface area (Å²) in [5.41, 5.74) is 2.07. The highest BCUT2D eigenvalue weighted by molar-refractivity contribution is 5.84. The normalized spacial score (nSPS) is 10.8. The van der Waals surface area contributed by atoms with Gasteiger partial charge in [-0.05, 0) is 34.0 Å². The van der Waals surface area contributed by atoms with Gasteiger partial charge in [-0.2, -0.15) is 0 Å². The molecule has 1 N–H and O–H groups in total. The van der Waals surface area contributed by atoms with Crippen LogP contribution in [-0.2, 0) is 4.79 Å². The summed E-state index contributed by atoms with van der Waals surface area (Å²) in [5, 5.41) is 5.33. The molecule has 0 saturated heterocycles. The maximum atomic E-state index is 12.6. The van der Waals surface area contributed by atoms with E-state index in [9.17, 15) is 4.79 Å². The summed E-state index contributed by atoms with van der Waals surface area (Å²) in [6.45, 7) is -0.0332. The van der Waals surface area contributed by atoms with Crippen molar-refractivity contribution < 1.29 is 9.53 Å². The Morgan fingerprint density at radius 1 is 0.714 bits per heavy atom. The van der Waals surface area contributed by atoms with Crippen LogP contribution < -0.4 is 10.1 Å². The van der Waals surface area contributed by atoms with Crippen LogP contribution in [0, 0.1) is 0 Å². The van der Waals surface area contributed by atoms with Gasteiger partial charge in [-0.1, -0.05) is 91.0 Å². The average Bonchev–Trinajstić information content (AvgIpc) is 2.77. The molecule has 0 aromatic heterocycles. The first-order valence-corrected chi connectivity index (χ1v) is 9.30. The van der Waals surface area contributed by atoms with Gasteiger partial charge in [0.15, 0.2) is 6.61 Å². The molecule has 0 bridgehead atoms. The third kappa shape index (κ3) is 4.21. The molecular formula is C25H21NO2. The standard InChI is InChI=1S/C25H21NO2/c27-24(18-28-23-16-15-19-9-7-8-14-22(19)17-23)26-25(20-10-3-1-4-11-20)21-12-5-2-6-13-21/h1-17,25H,18H2,(H,26,27). The summed E-state index contributed by atoms with van der Waals surface area (Å²) >= 11 is 0. The lowest BCUT2D eigenvalue weighted by molar-refractivity contribution is -0.123. The molecule has 4 aromatic rings. The highest BCUT2D eigenvalue weighted by atomic mass is 16.5. The third-order valence-electron chi connectivity index (χ3n) is 4.66. The second kappa shape index (κ2) is 8.40. The number of carbonyl (C=O) groups excluding carboxylic acids is 1. The van der Waals surface area contributed by atoms with E-state index >= 15 is 0 Å². The van der Waals surface area contributed by atoms with Crippen LogP contribution in [0.2, 0.25) is 0 Å². The molecule has 0 heterocycles. The van der Waals surface area contributed by atoms with Crippen molar-refractivity contribution >= 4 is 16.7 Å². The molecule has 4 aromatic carbocycles. The SMILES string of the molecule is O=C(COc1ccc2ccccc2c1)NC(c1ccccc1)c1ccccc1. The molecule has 0 saturated carbocycles. The zero-order valence-corrected chi connectivity index (χ0v) is 15.4. The number of benzene rings is 4. The lowest BCUT2D eigenvalue weighted by atomic mass is 9.99. The first-order chi connectivity index (χ1) is 13.8. The van der Waals surface area contributed by atoms with Gasteiger partial charge >= 0.3 is 0 Å². The third-order valence-corrected chi connectivity index (χ3v) is 4.66. The smallest absolute Gasteiger partial charge is 0.258 e. The Hall–Kier alpha value is -3.59. The van der Waals surface area contributed by atoms with Crippen LogP contribution >= 0.6 is 0 Å². The number of amides is 1. The van der Waals surface area contributed by atoms with E-state index in [1.165, 1.54) is 0 Å². The number of hydrogen-bond acceptors (Lipinski definition) is 2. The van der Waals surface area contributed by atoms with Crippen LogP contribution in [0.3, 0.4) is 0 Å². The maximum absolute atomic E-state index is 12.6. The fourth-order valence-corrected chi connectivity index (χ4v) is 3.26. The van der Waals surface area contributed by atoms with Gasteiger partial charge in [-0.15, -0.1) is 0 Å². The minimum atomic E-state index is -0.213. The zero-order valence-electron chi connectivity index (χ0n) is 15.4. The second-order valence-electron chi connectivity index (χ2n) is 6.62. The lowest BCUT2D eigenvalue weighted by Crippen LogP contribution is -2.33. The maximum Gasteiger partial charge on any atom is 0.258 e. The average molecular weight is 367 g/mol. The Kier molecular flexibility index (Phi) is 5.34. The molecule has 0 atom stereocenters. The van der Waals surface area contributed by atoms with Gasteiger partial charge in [-0.25, -0.2) is 0 Å². The molecule has 138 valence electrons. The van der Waals surface area contributed by atoms with Crippen LogP contribution in [0.4, 0.5) is 0 Å². The first kappa shape index (κ1) is 17.8. The Balaban J connectivity index is 1.47. The van der Waals surface area contributed by atoms with E-state index in [4.69, 9.17) is 4.74 Å². The van der Waals surface area contributed by atoms with Crippen LogP contribution in [0.5, 0.6) is 5.75 Å². The predicted molar refractivity (Wildman–Crippen MR) is 112 cm³/mol. The van der Waals surface area contributed by atoms with Crippen molar-refractivity contribution in [3.8, 4) is 5.75 Å². The van der Waals surface area contributed by atoms with E-state index in [0.717, 1.165) is 21.9 Å². The van der Waals surface area contributed by atoms with Gasteiger partial charge in [0.05, 0.1) is 6.04 Å². The van der Waals surface area contributed by atoms with Gasteiger partial charge in [0.25, 0.3) is 5.91 Å². The summed E-state index contributed by atoms with van der Waals surface area (Å²) in [6.07, 6.45) is 0. The quantitative estimate of drug-likeness (QED) is 0.513. The summed E-state index contributed by atoms with van der Waals surface area (Å²) in [4.78, 5) is 12.6. The monoisotopic (exact) mass is 367 g/mol. The largest absolute Gasteiger partial charge is 0.484 e. The molecule has 0 spiro atoms. The number of hydrogen-bond donors (Lipinski definition) is 1. The molecule has 4 rings (SSSR count). The fourth-order valence-electron chi connectivity index (χ4n) is 3.26. The van der Waals surface area contributed by atoms with E-state index in [1.54, 1.807) is 0 Å². The summed E-state index contributed by atoms with van der Waals surface area (Å²) < 4.78 is 5.74. The molecule has 0 aliphatic rings. The van der Waals surface area contributed by atoms with E-state index in [1.807, 2.05) is 97.1 Å². The second-order valence-corrected chi connectivity index (χ2v) is 6.62. The van der Waals surface area contributed by atoms with E-state index in [-0.39, 0.29) is 18.6 Å². The van der Waals surface area contributed by atoms with Crippen LogP contribution in [0.15, 0.2) is 103 Å². The summed E-state index contributed by atoms with van der Waals surface area (Å²) in [6, 6.07) is 33.6. The predicted octanol–water partition coefficient (Wildman–Crippen LogP) is 5.12. The lowest BCUT2D eigenvalue weighted by Gasteiger charge is -2.20. The van der Waals surface area contributed by atoms with Gasteiger partial charge in [0.2, 0.25) is 0 Å². The van der Waals surface area contributed by atoms with Crippen molar-refractivity contribution in [2.75, 3.05) is 6.61 Å².